The largest absolute Gasteiger partial charge is 0.504 e. The van der Waals surface area contributed by atoms with Gasteiger partial charge < -0.3 is 14.8 Å². The van der Waals surface area contributed by atoms with E-state index in [0.717, 1.165) is 0 Å². The van der Waals surface area contributed by atoms with Gasteiger partial charge >= 0.3 is 0 Å². The second kappa shape index (κ2) is 4.36. The van der Waals surface area contributed by atoms with Gasteiger partial charge in [-0.05, 0) is 6.07 Å². The van der Waals surface area contributed by atoms with Crippen LogP contribution in [0.2, 0.25) is 0 Å². The van der Waals surface area contributed by atoms with Gasteiger partial charge in [-0.25, -0.2) is 0 Å². The van der Waals surface area contributed by atoms with E-state index in [0.29, 0.717) is 0 Å². The molecule has 2 aromatic carbocycles. The normalized spacial score (nSPS) is 13.1. The summed E-state index contributed by atoms with van der Waals surface area (Å²) in [5.74, 6) is -2.26. The lowest BCUT2D eigenvalue weighted by Crippen LogP contribution is -2.21. The third-order valence-electron chi connectivity index (χ3n) is 3.23. The second-order valence-corrected chi connectivity index (χ2v) is 4.91. The molecule has 0 saturated heterocycles. The number of hydrogen-bond acceptors (Lipinski definition) is 6. The van der Waals surface area contributed by atoms with Crippen LogP contribution in [0, 0.1) is 0 Å². The molecule has 0 unspecified atom stereocenters. The summed E-state index contributed by atoms with van der Waals surface area (Å²) in [6.45, 7) is 0. The van der Waals surface area contributed by atoms with Crippen molar-refractivity contribution in [2.24, 2.45) is 0 Å². The van der Waals surface area contributed by atoms with E-state index in [2.05, 4.69) is 0 Å². The summed E-state index contributed by atoms with van der Waals surface area (Å²) in [4.78, 5) is 24.6. The lowest BCUT2D eigenvalue weighted by Gasteiger charge is -2.19. The van der Waals surface area contributed by atoms with Crippen LogP contribution in [0.4, 0.5) is 0 Å². The van der Waals surface area contributed by atoms with Crippen LogP contribution in [-0.2, 0) is 0 Å². The molecule has 3 N–H and O–H groups in total. The summed E-state index contributed by atoms with van der Waals surface area (Å²) in [6, 6.07) is 7.46. The highest BCUT2D eigenvalue weighted by molar-refractivity contribution is 7.93. The molecular weight excluding hydrogens is 280 g/mol. The van der Waals surface area contributed by atoms with E-state index < -0.39 is 23.1 Å². The molecule has 1 aliphatic carbocycles. The highest BCUT2D eigenvalue weighted by Gasteiger charge is 2.34. The van der Waals surface area contributed by atoms with E-state index in [1.165, 1.54) is 18.2 Å². The number of carbonyl (C=O) groups excluding carboxylic acids is 2. The predicted molar refractivity (Wildman–Crippen MR) is 71.6 cm³/mol. The molecule has 0 heterocycles. The van der Waals surface area contributed by atoms with E-state index in [1.807, 2.05) is 0 Å². The number of phenolic OH excluding ortho intramolecular Hbond substituents is 2. The minimum Gasteiger partial charge on any atom is -0.504 e. The van der Waals surface area contributed by atoms with Crippen molar-refractivity contribution < 1.29 is 24.4 Å². The summed E-state index contributed by atoms with van der Waals surface area (Å²) in [7, 11) is 0. The molecule has 0 aromatic heterocycles. The van der Waals surface area contributed by atoms with Crippen molar-refractivity contribution >= 4 is 23.6 Å². The zero-order valence-electron chi connectivity index (χ0n) is 9.95. The SMILES string of the molecule is O=C1c2ccccc2C(=O)c2c1cc(SO)c(O)c2O. The Labute approximate surface area is 117 Å². The first-order valence-corrected chi connectivity index (χ1v) is 6.42. The first-order valence-electron chi connectivity index (χ1n) is 5.65. The third-order valence-corrected chi connectivity index (χ3v) is 3.73. The zero-order valence-corrected chi connectivity index (χ0v) is 10.8. The monoisotopic (exact) mass is 288 g/mol. The van der Waals surface area contributed by atoms with Gasteiger partial charge in [-0.1, -0.05) is 24.3 Å². The fourth-order valence-electron chi connectivity index (χ4n) is 2.27. The van der Waals surface area contributed by atoms with Crippen molar-refractivity contribution in [2.75, 3.05) is 0 Å². The van der Waals surface area contributed by atoms with Gasteiger partial charge in [-0.3, -0.25) is 9.59 Å². The molecule has 0 spiro atoms. The number of benzene rings is 2. The molecule has 0 aliphatic heterocycles. The number of aromatic hydroxyl groups is 2. The van der Waals surface area contributed by atoms with E-state index >= 15 is 0 Å². The molecule has 5 nitrogen and oxygen atoms in total. The van der Waals surface area contributed by atoms with Gasteiger partial charge in [0.15, 0.2) is 23.1 Å². The smallest absolute Gasteiger partial charge is 0.198 e. The van der Waals surface area contributed by atoms with E-state index in [-0.39, 0.29) is 39.2 Å². The number of rotatable bonds is 1. The Morgan fingerprint density at radius 1 is 0.850 bits per heavy atom. The van der Waals surface area contributed by atoms with Crippen LogP contribution in [0.25, 0.3) is 0 Å². The van der Waals surface area contributed by atoms with E-state index in [4.69, 9.17) is 4.55 Å². The van der Waals surface area contributed by atoms with Gasteiger partial charge in [0.2, 0.25) is 0 Å². The van der Waals surface area contributed by atoms with Crippen molar-refractivity contribution in [2.45, 2.75) is 4.90 Å². The van der Waals surface area contributed by atoms with Crippen molar-refractivity contribution in [3.05, 3.63) is 52.6 Å². The number of hydrogen-bond donors (Lipinski definition) is 3. The highest BCUT2D eigenvalue weighted by Crippen LogP contribution is 2.43. The highest BCUT2D eigenvalue weighted by atomic mass is 32.2. The number of carbonyl (C=O) groups is 2. The summed E-state index contributed by atoms with van der Waals surface area (Å²) in [5, 5.41) is 19.6. The molecule has 0 amide bonds. The fraction of sp³-hybridized carbons (Fsp3) is 0. The molecule has 0 atom stereocenters. The number of fused-ring (bicyclic) bond motifs is 2. The maximum atomic E-state index is 12.3. The Morgan fingerprint density at radius 2 is 1.45 bits per heavy atom. The first kappa shape index (κ1) is 12.7. The Bertz CT molecular complexity index is 766. The van der Waals surface area contributed by atoms with Gasteiger partial charge in [0.25, 0.3) is 0 Å². The molecule has 100 valence electrons. The predicted octanol–water partition coefficient (Wildman–Crippen LogP) is 2.44. The Balaban J connectivity index is 2.36. The van der Waals surface area contributed by atoms with Crippen LogP contribution in [-0.4, -0.2) is 26.3 Å². The maximum absolute atomic E-state index is 12.3. The molecular formula is C14H8O5S. The standard InChI is InChI=1S/C14H8O5S/c15-11-6-3-1-2-4-7(6)12(16)10-8(11)5-9(20-19)13(17)14(10)18/h1-5,17-19H. The molecule has 3 rings (SSSR count). The maximum Gasteiger partial charge on any atom is 0.198 e. The summed E-state index contributed by atoms with van der Waals surface area (Å²) in [5.41, 5.74) is 0.164. The molecule has 0 saturated carbocycles. The van der Waals surface area contributed by atoms with Crippen molar-refractivity contribution in [3.8, 4) is 11.5 Å². The summed E-state index contributed by atoms with van der Waals surface area (Å²) < 4.78 is 9.04. The van der Waals surface area contributed by atoms with E-state index in [9.17, 15) is 19.8 Å². The lowest BCUT2D eigenvalue weighted by molar-refractivity contribution is 0.0975. The lowest BCUT2D eigenvalue weighted by atomic mass is 9.83. The van der Waals surface area contributed by atoms with Crippen LogP contribution in [0.3, 0.4) is 0 Å². The van der Waals surface area contributed by atoms with Crippen LogP contribution in [0.5, 0.6) is 11.5 Å². The van der Waals surface area contributed by atoms with Gasteiger partial charge in [-0.2, -0.15) is 0 Å². The minimum atomic E-state index is -0.688. The van der Waals surface area contributed by atoms with Crippen molar-refractivity contribution in [1.29, 1.82) is 0 Å². The average molecular weight is 288 g/mol. The van der Waals surface area contributed by atoms with Gasteiger partial charge in [0.05, 0.1) is 10.5 Å². The summed E-state index contributed by atoms with van der Waals surface area (Å²) >= 11 is 0.193. The van der Waals surface area contributed by atoms with Crippen molar-refractivity contribution in [1.82, 2.24) is 0 Å². The third kappa shape index (κ3) is 1.55. The average Bonchev–Trinajstić information content (AvgIpc) is 2.47. The van der Waals surface area contributed by atoms with Crippen LogP contribution >= 0.6 is 12.0 Å². The van der Waals surface area contributed by atoms with Gasteiger partial charge in [0.1, 0.15) is 0 Å². The molecule has 0 bridgehead atoms. The Kier molecular flexibility index (Phi) is 2.77. The van der Waals surface area contributed by atoms with Gasteiger partial charge in [0, 0.05) is 28.7 Å². The van der Waals surface area contributed by atoms with Crippen LogP contribution in [0.1, 0.15) is 31.8 Å². The number of phenols is 2. The molecule has 0 radical (unpaired) electrons. The van der Waals surface area contributed by atoms with Crippen LogP contribution in [0.15, 0.2) is 35.2 Å². The molecule has 2 aromatic rings. The molecule has 1 aliphatic rings. The van der Waals surface area contributed by atoms with E-state index in [1.54, 1.807) is 12.1 Å². The van der Waals surface area contributed by atoms with Crippen LogP contribution < -0.4 is 0 Å². The van der Waals surface area contributed by atoms with Crippen molar-refractivity contribution in [3.63, 3.8) is 0 Å². The number of ketones is 2. The zero-order chi connectivity index (χ0) is 14.4. The second-order valence-electron chi connectivity index (χ2n) is 4.29. The molecule has 0 fully saturated rings. The first-order chi connectivity index (χ1) is 9.56. The summed E-state index contributed by atoms with van der Waals surface area (Å²) in [6.07, 6.45) is 0. The minimum absolute atomic E-state index is 0.0273. The fourth-order valence-corrected chi connectivity index (χ4v) is 2.63. The Hall–Kier alpha value is -2.31. The quantitative estimate of drug-likeness (QED) is 0.470. The topological polar surface area (TPSA) is 94.8 Å². The Morgan fingerprint density at radius 3 is 2.05 bits per heavy atom. The molecule has 6 heteroatoms. The van der Waals surface area contributed by atoms with Gasteiger partial charge in [-0.15, -0.1) is 0 Å². The molecule has 20 heavy (non-hydrogen) atoms.